The Morgan fingerprint density at radius 3 is 1.43 bits per heavy atom. The Morgan fingerprint density at radius 1 is 1.43 bits per heavy atom. The number of carboxylic acid groups (broad SMARTS) is 2. The van der Waals surface area contributed by atoms with Crippen LogP contribution in [0, 0.1) is 0 Å². The van der Waals surface area contributed by atoms with Gasteiger partial charge < -0.3 is 17.1 Å². The van der Waals surface area contributed by atoms with Crippen LogP contribution in [0.2, 0.25) is 0 Å². The summed E-state index contributed by atoms with van der Waals surface area (Å²) in [6.45, 7) is 0. The van der Waals surface area contributed by atoms with Crippen LogP contribution in [0.1, 0.15) is 1.43 Å². The van der Waals surface area contributed by atoms with Crippen LogP contribution in [-0.2, 0) is 19.5 Å². The molecule has 0 spiro atoms. The molecule has 0 atom stereocenters. The Balaban J connectivity index is -0.00000000750. The van der Waals surface area contributed by atoms with E-state index in [0.717, 1.165) is 0 Å². The van der Waals surface area contributed by atoms with E-state index >= 15 is 0 Å². The van der Waals surface area contributed by atoms with Crippen LogP contribution >= 0.6 is 0 Å². The average Bonchev–Trinajstić information content (AvgIpc) is 0.811. The van der Waals surface area contributed by atoms with E-state index in [1.54, 1.807) is 0 Å². The maximum Gasteiger partial charge on any atom is 1.00 e. The van der Waals surface area contributed by atoms with Gasteiger partial charge in [0, 0.05) is 19.5 Å². The molecule has 0 aromatic rings. The largest absolute Gasteiger partial charge is 1.00 e. The van der Waals surface area contributed by atoms with E-state index in [1.165, 1.54) is 0 Å². The van der Waals surface area contributed by atoms with E-state index < -0.39 is 6.16 Å². The van der Waals surface area contributed by atoms with Crippen LogP contribution in [0.3, 0.4) is 0 Å². The molecule has 0 aliphatic rings. The Hall–Kier alpha value is 0.451. The van der Waals surface area contributed by atoms with Crippen molar-refractivity contribution >= 4 is 6.16 Å². The monoisotopic (exact) mass is 152 g/mol. The van der Waals surface area contributed by atoms with Crippen molar-refractivity contribution in [2.45, 2.75) is 0 Å². The summed E-state index contributed by atoms with van der Waals surface area (Å²) in [5.74, 6) is 0. The van der Waals surface area contributed by atoms with Crippen LogP contribution in [-0.4, -0.2) is 21.8 Å². The zero-order valence-electron chi connectivity index (χ0n) is 5.01. The molecular weight excluding hydrogens is 148 g/mol. The molecule has 0 fully saturated rings. The molecule has 0 aliphatic heterocycles. The van der Waals surface area contributed by atoms with Gasteiger partial charge in [-0.2, -0.15) is 0 Å². The van der Waals surface area contributed by atoms with Gasteiger partial charge in [0.25, 0.3) is 0 Å². The van der Waals surface area contributed by atoms with Crippen molar-refractivity contribution in [2.75, 3.05) is 0 Å². The molecule has 0 saturated heterocycles. The zero-order valence-corrected chi connectivity index (χ0v) is 6.98. The molecule has 4 N–H and O–H groups in total. The molecule has 0 aromatic carbocycles. The van der Waals surface area contributed by atoms with Crippen LogP contribution in [0.5, 0.6) is 0 Å². The Morgan fingerprint density at radius 2 is 1.43 bits per heavy atom. The molecule has 6 heteroatoms. The van der Waals surface area contributed by atoms with Gasteiger partial charge >= 0.3 is 25.0 Å². The van der Waals surface area contributed by atoms with E-state index in [0.29, 0.717) is 0 Å². The summed E-state index contributed by atoms with van der Waals surface area (Å²) in [5.41, 5.74) is 0. The summed E-state index contributed by atoms with van der Waals surface area (Å²) >= 11 is 0. The molecule has 0 bridgehead atoms. The summed E-state index contributed by atoms with van der Waals surface area (Å²) < 4.78 is 0. The quantitative estimate of drug-likeness (QED) is 0.354. The minimum atomic E-state index is -1.83. The van der Waals surface area contributed by atoms with Crippen LogP contribution < -0.4 is 18.9 Å². The third-order valence-corrected chi connectivity index (χ3v) is 0. The Labute approximate surface area is 66.6 Å². The van der Waals surface area contributed by atoms with E-state index in [9.17, 15) is 0 Å². The molecule has 0 aromatic heterocycles. The summed E-state index contributed by atoms with van der Waals surface area (Å²) in [5, 5.41) is 13.9. The summed E-state index contributed by atoms with van der Waals surface area (Å²) in [7, 11) is 0. The van der Waals surface area contributed by atoms with Crippen LogP contribution in [0.15, 0.2) is 0 Å². The van der Waals surface area contributed by atoms with E-state index in [2.05, 4.69) is 0 Å². The standard InChI is InChI=1S/CH2O3.Li.H2O.Zn.H/c2-1(3)4;;;;/h(H2,2,3,4);;1H2;;/q;+1;;;-1. The molecular formula is CH5LiO4Zn. The number of hydrogen-bond acceptors (Lipinski definition) is 1. The fraction of sp³-hybridized carbons (Fsp3) is 0. The molecule has 0 saturated carbocycles. The minimum Gasteiger partial charge on any atom is -1.00 e. The minimum absolute atomic E-state index is 0. The van der Waals surface area contributed by atoms with Gasteiger partial charge in [-0.3, -0.25) is 0 Å². The van der Waals surface area contributed by atoms with Crippen molar-refractivity contribution in [1.29, 1.82) is 0 Å². The topological polar surface area (TPSA) is 89.0 Å². The second kappa shape index (κ2) is 16.1. The zero-order chi connectivity index (χ0) is 3.58. The molecule has 0 unspecified atom stereocenters. The van der Waals surface area contributed by atoms with Crippen LogP contribution in [0.4, 0.5) is 4.79 Å². The first kappa shape index (κ1) is 26.0. The average molecular weight is 153 g/mol. The van der Waals surface area contributed by atoms with Gasteiger partial charge in [0.1, 0.15) is 0 Å². The second-order valence-electron chi connectivity index (χ2n) is 0.283. The SMILES string of the molecule is O.O=C(O)O.[H-].[Li+].[Zn]. The van der Waals surface area contributed by atoms with E-state index in [-0.39, 0.29) is 45.2 Å². The van der Waals surface area contributed by atoms with Gasteiger partial charge in [-0.25, -0.2) is 4.79 Å². The summed E-state index contributed by atoms with van der Waals surface area (Å²) in [6, 6.07) is 0. The fourth-order valence-electron chi connectivity index (χ4n) is 0. The molecule has 0 radical (unpaired) electrons. The summed E-state index contributed by atoms with van der Waals surface area (Å²) in [6.07, 6.45) is -1.83. The van der Waals surface area contributed by atoms with Gasteiger partial charge in [-0.1, -0.05) is 0 Å². The first-order chi connectivity index (χ1) is 1.73. The van der Waals surface area contributed by atoms with Gasteiger partial charge in [-0.05, 0) is 0 Å². The predicted molar refractivity (Wildman–Crippen MR) is 15.4 cm³/mol. The van der Waals surface area contributed by atoms with Gasteiger partial charge in [-0.15, -0.1) is 0 Å². The van der Waals surface area contributed by atoms with Gasteiger partial charge in [0.2, 0.25) is 0 Å². The third kappa shape index (κ3) is 629. The van der Waals surface area contributed by atoms with Crippen molar-refractivity contribution < 1.29 is 60.2 Å². The molecule has 36 valence electrons. The fourth-order valence-corrected chi connectivity index (χ4v) is 0. The Bertz CT molecular complexity index is 39.0. The van der Waals surface area contributed by atoms with Crippen molar-refractivity contribution in [3.05, 3.63) is 0 Å². The maximum atomic E-state index is 8.56. The maximum absolute atomic E-state index is 8.56. The number of carbonyl (C=O) groups is 1. The number of rotatable bonds is 0. The number of hydrogen-bond donors (Lipinski definition) is 2. The van der Waals surface area contributed by atoms with Crippen molar-refractivity contribution in [1.82, 2.24) is 0 Å². The second-order valence-corrected chi connectivity index (χ2v) is 0.283. The summed E-state index contributed by atoms with van der Waals surface area (Å²) in [4.78, 5) is 8.56. The van der Waals surface area contributed by atoms with E-state index in [4.69, 9.17) is 15.0 Å². The predicted octanol–water partition coefficient (Wildman–Crippen LogP) is -3.49. The van der Waals surface area contributed by atoms with Crippen molar-refractivity contribution in [2.24, 2.45) is 0 Å². The van der Waals surface area contributed by atoms with Crippen molar-refractivity contribution in [3.63, 3.8) is 0 Å². The molecule has 4 nitrogen and oxygen atoms in total. The molecule has 0 aliphatic carbocycles. The van der Waals surface area contributed by atoms with Crippen LogP contribution in [0.25, 0.3) is 0 Å². The molecule has 7 heavy (non-hydrogen) atoms. The first-order valence-electron chi connectivity index (χ1n) is 0.651. The molecule has 0 amide bonds. The molecule has 0 rings (SSSR count). The van der Waals surface area contributed by atoms with Gasteiger partial charge in [0.15, 0.2) is 0 Å². The van der Waals surface area contributed by atoms with Crippen molar-refractivity contribution in [3.8, 4) is 0 Å². The van der Waals surface area contributed by atoms with E-state index in [1.807, 2.05) is 0 Å². The third-order valence-electron chi connectivity index (χ3n) is 0. The molecule has 0 heterocycles. The van der Waals surface area contributed by atoms with Gasteiger partial charge in [0.05, 0.1) is 0 Å². The smallest absolute Gasteiger partial charge is 1.00 e. The Kier molecular flexibility index (Phi) is 59.9. The normalized spacial score (nSPS) is 3.43. The first-order valence-corrected chi connectivity index (χ1v) is 0.651.